The molecule has 0 aliphatic heterocycles. The minimum Gasteiger partial charge on any atom is -0.329 e. The van der Waals surface area contributed by atoms with Gasteiger partial charge >= 0.3 is 0 Å². The predicted molar refractivity (Wildman–Crippen MR) is 69.0 cm³/mol. The van der Waals surface area contributed by atoms with Crippen LogP contribution in [0.5, 0.6) is 0 Å². The van der Waals surface area contributed by atoms with Crippen molar-refractivity contribution in [2.24, 2.45) is 11.7 Å². The van der Waals surface area contributed by atoms with Crippen LogP contribution in [-0.2, 0) is 10.0 Å². The minimum atomic E-state index is -3.63. The lowest BCUT2D eigenvalue weighted by Gasteiger charge is -2.18. The molecule has 6 heteroatoms. The van der Waals surface area contributed by atoms with Gasteiger partial charge < -0.3 is 5.73 Å². The van der Waals surface area contributed by atoms with E-state index in [1.165, 1.54) is 12.1 Å². The highest BCUT2D eigenvalue weighted by Crippen LogP contribution is 2.12. The molecule has 18 heavy (non-hydrogen) atoms. The third-order valence-electron chi connectivity index (χ3n) is 2.49. The van der Waals surface area contributed by atoms with E-state index in [-0.39, 0.29) is 17.5 Å². The highest BCUT2D eigenvalue weighted by atomic mass is 32.2. The number of rotatable bonds is 6. The monoisotopic (exact) mass is 274 g/mol. The molecule has 0 aliphatic carbocycles. The van der Waals surface area contributed by atoms with Crippen LogP contribution in [0.25, 0.3) is 0 Å². The van der Waals surface area contributed by atoms with Crippen LogP contribution in [-0.4, -0.2) is 21.0 Å². The van der Waals surface area contributed by atoms with Gasteiger partial charge in [-0.25, -0.2) is 17.5 Å². The van der Waals surface area contributed by atoms with Crippen molar-refractivity contribution < 1.29 is 12.8 Å². The molecule has 0 bridgehead atoms. The second kappa shape index (κ2) is 6.26. The topological polar surface area (TPSA) is 72.2 Å². The molecule has 102 valence electrons. The fourth-order valence-electron chi connectivity index (χ4n) is 1.66. The van der Waals surface area contributed by atoms with Crippen LogP contribution in [0.2, 0.25) is 0 Å². The van der Waals surface area contributed by atoms with Crippen LogP contribution in [0.3, 0.4) is 0 Å². The first kappa shape index (κ1) is 15.1. The summed E-state index contributed by atoms with van der Waals surface area (Å²) in [6, 6.07) is 4.41. The number of sulfonamides is 1. The van der Waals surface area contributed by atoms with Gasteiger partial charge in [-0.3, -0.25) is 0 Å². The number of nitrogens with one attached hydrogen (secondary N) is 1. The van der Waals surface area contributed by atoms with E-state index in [9.17, 15) is 12.8 Å². The van der Waals surface area contributed by atoms with E-state index in [2.05, 4.69) is 4.72 Å². The minimum absolute atomic E-state index is 0.0473. The van der Waals surface area contributed by atoms with Gasteiger partial charge in [0, 0.05) is 12.6 Å². The van der Waals surface area contributed by atoms with Gasteiger partial charge in [0.25, 0.3) is 0 Å². The standard InChI is InChI=1S/C12H19FN2O2S/c1-9(2)7-11(8-14)15-18(16,17)12-5-3-10(13)4-6-12/h3-6,9,11,15H,7-8,14H2,1-2H3/t11-/m0/s1. The summed E-state index contributed by atoms with van der Waals surface area (Å²) in [7, 11) is -3.63. The van der Waals surface area contributed by atoms with Gasteiger partial charge in [0.15, 0.2) is 0 Å². The quantitative estimate of drug-likeness (QED) is 0.825. The molecule has 1 aromatic carbocycles. The lowest BCUT2D eigenvalue weighted by molar-refractivity contribution is 0.465. The second-order valence-corrected chi connectivity index (χ2v) is 6.35. The van der Waals surface area contributed by atoms with Gasteiger partial charge in [-0.05, 0) is 36.6 Å². The smallest absolute Gasteiger partial charge is 0.240 e. The maximum Gasteiger partial charge on any atom is 0.240 e. The van der Waals surface area contributed by atoms with Gasteiger partial charge in [-0.1, -0.05) is 13.8 Å². The molecule has 0 unspecified atom stereocenters. The number of benzene rings is 1. The summed E-state index contributed by atoms with van der Waals surface area (Å²) in [4.78, 5) is 0.0473. The first-order valence-corrected chi connectivity index (χ1v) is 7.31. The molecule has 0 radical (unpaired) electrons. The normalized spacial score (nSPS) is 13.8. The molecule has 3 N–H and O–H groups in total. The molecule has 0 aliphatic rings. The fourth-order valence-corrected chi connectivity index (χ4v) is 2.92. The molecule has 0 aromatic heterocycles. The van der Waals surface area contributed by atoms with Crippen molar-refractivity contribution in [3.63, 3.8) is 0 Å². The molecule has 1 rings (SSSR count). The molecule has 1 atom stereocenters. The largest absolute Gasteiger partial charge is 0.329 e. The molecular weight excluding hydrogens is 255 g/mol. The van der Waals surface area contributed by atoms with Crippen molar-refractivity contribution >= 4 is 10.0 Å². The van der Waals surface area contributed by atoms with E-state index in [4.69, 9.17) is 5.73 Å². The Morgan fingerprint density at radius 3 is 2.28 bits per heavy atom. The fraction of sp³-hybridized carbons (Fsp3) is 0.500. The average Bonchev–Trinajstić information content (AvgIpc) is 2.27. The summed E-state index contributed by atoms with van der Waals surface area (Å²) in [5, 5.41) is 0. The summed E-state index contributed by atoms with van der Waals surface area (Å²) < 4.78 is 39.3. The maximum absolute atomic E-state index is 12.7. The average molecular weight is 274 g/mol. The van der Waals surface area contributed by atoms with Gasteiger partial charge in [-0.15, -0.1) is 0 Å². The highest BCUT2D eigenvalue weighted by Gasteiger charge is 2.19. The maximum atomic E-state index is 12.7. The molecule has 1 aromatic rings. The zero-order chi connectivity index (χ0) is 13.8. The molecular formula is C12H19FN2O2S. The number of hydrogen-bond acceptors (Lipinski definition) is 3. The Morgan fingerprint density at radius 2 is 1.83 bits per heavy atom. The van der Waals surface area contributed by atoms with Crippen molar-refractivity contribution in [2.75, 3.05) is 6.54 Å². The SMILES string of the molecule is CC(C)C[C@@H](CN)NS(=O)(=O)c1ccc(F)cc1. The molecule has 0 amide bonds. The van der Waals surface area contributed by atoms with Crippen LogP contribution < -0.4 is 10.5 Å². The number of halogens is 1. The summed E-state index contributed by atoms with van der Waals surface area (Å²) in [5.74, 6) is -0.124. The Hall–Kier alpha value is -0.980. The molecule has 0 saturated carbocycles. The molecule has 0 fully saturated rings. The van der Waals surface area contributed by atoms with Gasteiger partial charge in [0.1, 0.15) is 5.82 Å². The van der Waals surface area contributed by atoms with Gasteiger partial charge in [0.05, 0.1) is 4.90 Å². The van der Waals surface area contributed by atoms with Gasteiger partial charge in [0.2, 0.25) is 10.0 Å². The van der Waals surface area contributed by atoms with Crippen LogP contribution in [0.15, 0.2) is 29.2 Å². The zero-order valence-corrected chi connectivity index (χ0v) is 11.4. The van der Waals surface area contributed by atoms with Crippen molar-refractivity contribution in [2.45, 2.75) is 31.2 Å². The van der Waals surface area contributed by atoms with E-state index >= 15 is 0 Å². The lowest BCUT2D eigenvalue weighted by atomic mass is 10.1. The number of hydrogen-bond donors (Lipinski definition) is 2. The van der Waals surface area contributed by atoms with E-state index in [0.717, 1.165) is 12.1 Å². The predicted octanol–water partition coefficient (Wildman–Crippen LogP) is 1.48. The highest BCUT2D eigenvalue weighted by molar-refractivity contribution is 7.89. The summed E-state index contributed by atoms with van der Waals surface area (Å²) in [6.07, 6.45) is 0.664. The molecule has 0 heterocycles. The lowest BCUT2D eigenvalue weighted by Crippen LogP contribution is -2.40. The summed E-state index contributed by atoms with van der Waals surface area (Å²) >= 11 is 0. The number of nitrogens with two attached hydrogens (primary N) is 1. The van der Waals surface area contributed by atoms with Gasteiger partial charge in [-0.2, -0.15) is 0 Å². The van der Waals surface area contributed by atoms with E-state index in [1.807, 2.05) is 13.8 Å². The van der Waals surface area contributed by atoms with Crippen LogP contribution >= 0.6 is 0 Å². The molecule has 0 spiro atoms. The van der Waals surface area contributed by atoms with E-state index in [1.54, 1.807) is 0 Å². The molecule has 0 saturated heterocycles. The van der Waals surface area contributed by atoms with Crippen LogP contribution in [0.1, 0.15) is 20.3 Å². The first-order chi connectivity index (χ1) is 8.35. The van der Waals surface area contributed by atoms with Crippen molar-refractivity contribution in [1.29, 1.82) is 0 Å². The third kappa shape index (κ3) is 4.36. The third-order valence-corrected chi connectivity index (χ3v) is 4.02. The summed E-state index contributed by atoms with van der Waals surface area (Å²) in [6.45, 7) is 4.22. The first-order valence-electron chi connectivity index (χ1n) is 5.83. The van der Waals surface area contributed by atoms with E-state index in [0.29, 0.717) is 12.3 Å². The zero-order valence-electron chi connectivity index (χ0n) is 10.6. The van der Waals surface area contributed by atoms with Crippen molar-refractivity contribution in [3.8, 4) is 0 Å². The van der Waals surface area contributed by atoms with Crippen molar-refractivity contribution in [1.82, 2.24) is 4.72 Å². The Morgan fingerprint density at radius 1 is 1.28 bits per heavy atom. The van der Waals surface area contributed by atoms with Crippen LogP contribution in [0, 0.1) is 11.7 Å². The Bertz CT molecular complexity index is 471. The second-order valence-electron chi connectivity index (χ2n) is 4.64. The Labute approximate surface area is 107 Å². The Balaban J connectivity index is 2.83. The molecule has 4 nitrogen and oxygen atoms in total. The van der Waals surface area contributed by atoms with E-state index < -0.39 is 15.8 Å². The van der Waals surface area contributed by atoms with Crippen molar-refractivity contribution in [3.05, 3.63) is 30.1 Å². The summed E-state index contributed by atoms with van der Waals surface area (Å²) in [5.41, 5.74) is 5.54. The Kier molecular flexibility index (Phi) is 5.25. The van der Waals surface area contributed by atoms with Crippen LogP contribution in [0.4, 0.5) is 4.39 Å².